The Morgan fingerprint density at radius 2 is 1.76 bits per heavy atom. The zero-order valence-electron chi connectivity index (χ0n) is 18.2. The molecule has 2 aromatic carbocycles. The van der Waals surface area contributed by atoms with Crippen LogP contribution >= 0.6 is 0 Å². The van der Waals surface area contributed by atoms with Gasteiger partial charge in [0.05, 0.1) is 24.5 Å². The summed E-state index contributed by atoms with van der Waals surface area (Å²) in [6.45, 7) is 4.31. The Hall–Kier alpha value is -3.11. The highest BCUT2D eigenvalue weighted by molar-refractivity contribution is 6.00. The van der Waals surface area contributed by atoms with Crippen molar-refractivity contribution in [3.05, 3.63) is 65.2 Å². The van der Waals surface area contributed by atoms with Crippen LogP contribution in [0.4, 0.5) is 13.2 Å². The van der Waals surface area contributed by atoms with Crippen molar-refractivity contribution in [3.63, 3.8) is 0 Å². The number of ether oxygens (including phenoxy) is 2. The van der Waals surface area contributed by atoms with Gasteiger partial charge in [-0.15, -0.1) is 0 Å². The SMILES string of the molecule is CC/C(=N\OCc1ccc(C(F)(F)F)cc1)c1ccc(OCC(=O)NN2CCOCC2)cc1. The summed E-state index contributed by atoms with van der Waals surface area (Å²) in [4.78, 5) is 17.3. The molecule has 0 aliphatic carbocycles. The molecule has 1 N–H and O–H groups in total. The first-order valence-electron chi connectivity index (χ1n) is 10.6. The van der Waals surface area contributed by atoms with E-state index < -0.39 is 11.7 Å². The van der Waals surface area contributed by atoms with Crippen LogP contribution in [-0.2, 0) is 27.2 Å². The number of hydrogen-bond donors (Lipinski definition) is 1. The number of hydrogen-bond acceptors (Lipinski definition) is 6. The standard InChI is InChI=1S/C23H26F3N3O4/c1-2-21(28-33-15-17-3-7-19(8-4-17)23(24,25)26)18-5-9-20(10-6-18)32-16-22(30)27-29-11-13-31-14-12-29/h3-10H,2,11-16H2,1H3,(H,27,30)/b28-21+. The summed E-state index contributed by atoms with van der Waals surface area (Å²) in [5.41, 5.74) is 4.15. The second-order valence-corrected chi connectivity index (χ2v) is 7.31. The van der Waals surface area contributed by atoms with Gasteiger partial charge in [0.15, 0.2) is 6.61 Å². The van der Waals surface area contributed by atoms with Crippen molar-refractivity contribution in [1.29, 1.82) is 0 Å². The number of carbonyl (C=O) groups excluding carboxylic acids is 1. The van der Waals surface area contributed by atoms with Crippen molar-refractivity contribution in [2.75, 3.05) is 32.9 Å². The molecule has 1 amide bonds. The Kier molecular flexibility index (Phi) is 8.67. The number of alkyl halides is 3. The molecule has 1 aliphatic heterocycles. The minimum absolute atomic E-state index is 0.0566. The van der Waals surface area contributed by atoms with E-state index in [4.69, 9.17) is 14.3 Å². The largest absolute Gasteiger partial charge is 0.484 e. The lowest BCUT2D eigenvalue weighted by molar-refractivity contribution is -0.137. The summed E-state index contributed by atoms with van der Waals surface area (Å²) in [6, 6.07) is 11.8. The molecule has 10 heteroatoms. The van der Waals surface area contributed by atoms with Crippen LogP contribution in [0.3, 0.4) is 0 Å². The molecular formula is C23H26F3N3O4. The normalized spacial score (nSPS) is 15.2. The Bertz CT molecular complexity index is 925. The van der Waals surface area contributed by atoms with E-state index in [1.165, 1.54) is 12.1 Å². The van der Waals surface area contributed by atoms with Gasteiger partial charge < -0.3 is 14.3 Å². The number of halogens is 3. The monoisotopic (exact) mass is 465 g/mol. The third kappa shape index (κ3) is 7.76. The fourth-order valence-corrected chi connectivity index (χ4v) is 3.07. The third-order valence-corrected chi connectivity index (χ3v) is 4.87. The zero-order valence-corrected chi connectivity index (χ0v) is 18.2. The van der Waals surface area contributed by atoms with Crippen LogP contribution in [0.1, 0.15) is 30.0 Å². The van der Waals surface area contributed by atoms with Crippen molar-refractivity contribution in [3.8, 4) is 5.75 Å². The number of nitrogens with one attached hydrogen (secondary N) is 1. The van der Waals surface area contributed by atoms with E-state index in [9.17, 15) is 18.0 Å². The molecule has 1 saturated heterocycles. The van der Waals surface area contributed by atoms with Crippen LogP contribution in [0.2, 0.25) is 0 Å². The van der Waals surface area contributed by atoms with Gasteiger partial charge in [-0.1, -0.05) is 24.2 Å². The van der Waals surface area contributed by atoms with Gasteiger partial charge >= 0.3 is 6.18 Å². The number of benzene rings is 2. The zero-order chi connectivity index (χ0) is 23.7. The maximum absolute atomic E-state index is 12.6. The van der Waals surface area contributed by atoms with E-state index in [0.29, 0.717) is 49.7 Å². The van der Waals surface area contributed by atoms with Crippen LogP contribution < -0.4 is 10.2 Å². The molecule has 0 radical (unpaired) electrons. The van der Waals surface area contributed by atoms with E-state index in [1.807, 2.05) is 6.92 Å². The molecule has 0 atom stereocenters. The van der Waals surface area contributed by atoms with Crippen LogP contribution in [0.25, 0.3) is 0 Å². The van der Waals surface area contributed by atoms with E-state index in [1.54, 1.807) is 29.3 Å². The molecule has 0 bridgehead atoms. The number of oxime groups is 1. The number of rotatable bonds is 9. The summed E-state index contributed by atoms with van der Waals surface area (Å²) in [7, 11) is 0. The molecule has 3 rings (SSSR count). The van der Waals surface area contributed by atoms with Crippen molar-refractivity contribution >= 4 is 11.6 Å². The van der Waals surface area contributed by atoms with E-state index >= 15 is 0 Å². The molecule has 0 unspecified atom stereocenters. The molecule has 0 spiro atoms. The quantitative estimate of drug-likeness (QED) is 0.451. The smallest absolute Gasteiger partial charge is 0.416 e. The Morgan fingerprint density at radius 3 is 2.36 bits per heavy atom. The summed E-state index contributed by atoms with van der Waals surface area (Å²) in [6.07, 6.45) is -3.77. The first-order chi connectivity index (χ1) is 15.8. The molecule has 1 heterocycles. The number of nitrogens with zero attached hydrogens (tertiary/aromatic N) is 2. The first kappa shape index (κ1) is 24.5. The maximum Gasteiger partial charge on any atom is 0.416 e. The van der Waals surface area contributed by atoms with Gasteiger partial charge in [-0.3, -0.25) is 10.2 Å². The number of morpholine rings is 1. The van der Waals surface area contributed by atoms with Gasteiger partial charge in [0.25, 0.3) is 5.91 Å². The molecule has 1 fully saturated rings. The lowest BCUT2D eigenvalue weighted by atomic mass is 10.1. The minimum Gasteiger partial charge on any atom is -0.484 e. The summed E-state index contributed by atoms with van der Waals surface area (Å²) < 4.78 is 48.7. The fourth-order valence-electron chi connectivity index (χ4n) is 3.07. The van der Waals surface area contributed by atoms with Crippen LogP contribution in [0.5, 0.6) is 5.75 Å². The van der Waals surface area contributed by atoms with Gasteiger partial charge in [0.1, 0.15) is 12.4 Å². The Balaban J connectivity index is 1.48. The summed E-state index contributed by atoms with van der Waals surface area (Å²) in [5, 5.41) is 5.92. The topological polar surface area (TPSA) is 72.4 Å². The minimum atomic E-state index is -4.37. The summed E-state index contributed by atoms with van der Waals surface area (Å²) in [5.74, 6) is 0.297. The highest BCUT2D eigenvalue weighted by atomic mass is 19.4. The van der Waals surface area contributed by atoms with E-state index in [-0.39, 0.29) is 19.1 Å². The highest BCUT2D eigenvalue weighted by Crippen LogP contribution is 2.29. The van der Waals surface area contributed by atoms with Crippen LogP contribution in [0.15, 0.2) is 53.7 Å². The molecule has 2 aromatic rings. The number of carbonyl (C=O) groups is 1. The molecular weight excluding hydrogens is 439 g/mol. The van der Waals surface area contributed by atoms with Crippen molar-refractivity contribution in [2.24, 2.45) is 5.16 Å². The van der Waals surface area contributed by atoms with E-state index in [2.05, 4.69) is 10.6 Å². The second-order valence-electron chi connectivity index (χ2n) is 7.31. The maximum atomic E-state index is 12.6. The number of hydrazine groups is 1. The van der Waals surface area contributed by atoms with Gasteiger partial charge in [-0.25, -0.2) is 5.01 Å². The predicted octanol–water partition coefficient (Wildman–Crippen LogP) is 3.78. The average Bonchev–Trinajstić information content (AvgIpc) is 2.81. The van der Waals surface area contributed by atoms with Gasteiger partial charge in [-0.2, -0.15) is 13.2 Å². The van der Waals surface area contributed by atoms with Gasteiger partial charge in [0, 0.05) is 13.1 Å². The molecule has 178 valence electrons. The molecule has 7 nitrogen and oxygen atoms in total. The first-order valence-corrected chi connectivity index (χ1v) is 10.6. The molecule has 33 heavy (non-hydrogen) atoms. The predicted molar refractivity (Wildman–Crippen MR) is 116 cm³/mol. The summed E-state index contributed by atoms with van der Waals surface area (Å²) >= 11 is 0. The third-order valence-electron chi connectivity index (χ3n) is 4.87. The second kappa shape index (κ2) is 11.7. The lowest BCUT2D eigenvalue weighted by Crippen LogP contribution is -2.49. The molecule has 0 saturated carbocycles. The highest BCUT2D eigenvalue weighted by Gasteiger charge is 2.29. The Morgan fingerprint density at radius 1 is 1.09 bits per heavy atom. The van der Waals surface area contributed by atoms with Crippen molar-refractivity contribution in [1.82, 2.24) is 10.4 Å². The number of amides is 1. The van der Waals surface area contributed by atoms with Gasteiger partial charge in [0.2, 0.25) is 0 Å². The van der Waals surface area contributed by atoms with Crippen molar-refractivity contribution in [2.45, 2.75) is 26.1 Å². The molecule has 0 aromatic heterocycles. The Labute approximate surface area is 190 Å². The lowest BCUT2D eigenvalue weighted by Gasteiger charge is -2.26. The van der Waals surface area contributed by atoms with E-state index in [0.717, 1.165) is 17.7 Å². The van der Waals surface area contributed by atoms with Crippen LogP contribution in [0, 0.1) is 0 Å². The average molecular weight is 465 g/mol. The fraction of sp³-hybridized carbons (Fsp3) is 0.391. The van der Waals surface area contributed by atoms with Gasteiger partial charge in [-0.05, 0) is 53.9 Å². The molecule has 1 aliphatic rings. The van der Waals surface area contributed by atoms with Crippen molar-refractivity contribution < 1.29 is 32.3 Å². The van der Waals surface area contributed by atoms with Crippen LogP contribution in [-0.4, -0.2) is 49.5 Å².